The Morgan fingerprint density at radius 2 is 2.10 bits per heavy atom. The minimum atomic E-state index is 0.812. The van der Waals surface area contributed by atoms with E-state index in [2.05, 4.69) is 22.2 Å². The smallest absolute Gasteiger partial charge is 0.157 e. The molecule has 0 aliphatic rings. The van der Waals surface area contributed by atoms with Gasteiger partial charge in [0.15, 0.2) is 5.65 Å². The lowest BCUT2D eigenvalue weighted by molar-refractivity contribution is 0.773. The van der Waals surface area contributed by atoms with E-state index in [-0.39, 0.29) is 0 Å². The molecule has 3 aromatic rings. The first-order valence-electron chi connectivity index (χ1n) is 6.30. The van der Waals surface area contributed by atoms with E-state index in [0.29, 0.717) is 0 Å². The minimum Gasteiger partial charge on any atom is -0.250 e. The van der Waals surface area contributed by atoms with Crippen LogP contribution in [0.4, 0.5) is 0 Å². The van der Waals surface area contributed by atoms with E-state index < -0.39 is 0 Å². The molecule has 102 valence electrons. The normalized spacial score (nSPS) is 11.2. The number of nitrogens with zero attached hydrogens (tertiary/aromatic N) is 3. The van der Waals surface area contributed by atoms with Crippen molar-refractivity contribution in [3.63, 3.8) is 0 Å². The molecular weight excluding hydrogens is 290 g/mol. The second kappa shape index (κ2) is 5.46. The summed E-state index contributed by atoms with van der Waals surface area (Å²) in [5.41, 5.74) is 3.07. The van der Waals surface area contributed by atoms with Gasteiger partial charge >= 0.3 is 0 Å². The lowest BCUT2D eigenvalue weighted by atomic mass is 10.2. The molecule has 0 radical (unpaired) electrons. The molecule has 0 unspecified atom stereocenters. The van der Waals surface area contributed by atoms with Gasteiger partial charge in [0.1, 0.15) is 0 Å². The number of rotatable bonds is 3. The van der Waals surface area contributed by atoms with Crippen LogP contribution in [-0.4, -0.2) is 14.8 Å². The Balaban J connectivity index is 1.85. The number of thioether (sulfide) groups is 1. The Bertz CT molecular complexity index is 767. The van der Waals surface area contributed by atoms with E-state index in [1.807, 2.05) is 43.0 Å². The molecule has 0 amide bonds. The fraction of sp³-hybridized carbons (Fsp3) is 0.200. The summed E-state index contributed by atoms with van der Waals surface area (Å²) in [6, 6.07) is 10.1. The summed E-state index contributed by atoms with van der Waals surface area (Å²) in [7, 11) is 1.92. The highest BCUT2D eigenvalue weighted by atomic mass is 35.5. The maximum Gasteiger partial charge on any atom is 0.157 e. The Morgan fingerprint density at radius 3 is 2.90 bits per heavy atom. The number of benzene rings is 1. The third-order valence-electron chi connectivity index (χ3n) is 3.19. The summed E-state index contributed by atoms with van der Waals surface area (Å²) < 4.78 is 1.81. The van der Waals surface area contributed by atoms with Gasteiger partial charge in [-0.2, -0.15) is 5.10 Å². The lowest BCUT2D eigenvalue weighted by Gasteiger charge is -2.04. The van der Waals surface area contributed by atoms with Crippen molar-refractivity contribution in [3.05, 3.63) is 52.8 Å². The molecule has 1 aromatic carbocycles. The van der Waals surface area contributed by atoms with Crippen molar-refractivity contribution in [1.29, 1.82) is 0 Å². The summed E-state index contributed by atoms with van der Waals surface area (Å²) >= 11 is 7.91. The van der Waals surface area contributed by atoms with E-state index in [0.717, 1.165) is 38.0 Å². The predicted molar refractivity (Wildman–Crippen MR) is 84.3 cm³/mol. The molecule has 0 aliphatic heterocycles. The van der Waals surface area contributed by atoms with Crippen molar-refractivity contribution in [1.82, 2.24) is 14.8 Å². The van der Waals surface area contributed by atoms with Crippen molar-refractivity contribution >= 4 is 34.4 Å². The zero-order valence-corrected chi connectivity index (χ0v) is 12.9. The minimum absolute atomic E-state index is 0.812. The first-order chi connectivity index (χ1) is 9.65. The molecule has 2 aromatic heterocycles. The quantitative estimate of drug-likeness (QED) is 0.679. The van der Waals surface area contributed by atoms with E-state index in [1.165, 1.54) is 0 Å². The Hall–Kier alpha value is -1.52. The molecule has 5 heteroatoms. The highest BCUT2D eigenvalue weighted by Crippen LogP contribution is 2.28. The van der Waals surface area contributed by atoms with Gasteiger partial charge < -0.3 is 0 Å². The number of hydrogen-bond donors (Lipinski definition) is 0. The second-order valence-corrected chi connectivity index (χ2v) is 6.09. The van der Waals surface area contributed by atoms with Crippen molar-refractivity contribution in [2.45, 2.75) is 17.6 Å². The van der Waals surface area contributed by atoms with E-state index in [1.54, 1.807) is 11.8 Å². The highest BCUT2D eigenvalue weighted by Gasteiger charge is 2.08. The van der Waals surface area contributed by atoms with Crippen LogP contribution in [0.5, 0.6) is 0 Å². The average Bonchev–Trinajstić information content (AvgIpc) is 2.73. The van der Waals surface area contributed by atoms with E-state index in [9.17, 15) is 0 Å². The first kappa shape index (κ1) is 13.5. The second-order valence-electron chi connectivity index (χ2n) is 4.63. The molecule has 0 N–H and O–H groups in total. The van der Waals surface area contributed by atoms with Gasteiger partial charge in [-0.1, -0.05) is 29.8 Å². The van der Waals surface area contributed by atoms with Gasteiger partial charge in [-0.15, -0.1) is 11.8 Å². The predicted octanol–water partition coefficient (Wildman–Crippen LogP) is 4.22. The molecule has 0 aliphatic carbocycles. The number of aryl methyl sites for hydroxylation is 2. The van der Waals surface area contributed by atoms with Crippen molar-refractivity contribution < 1.29 is 0 Å². The fourth-order valence-corrected chi connectivity index (χ4v) is 3.33. The number of hydrogen-bond acceptors (Lipinski definition) is 3. The van der Waals surface area contributed by atoms with Crippen LogP contribution >= 0.6 is 23.4 Å². The van der Waals surface area contributed by atoms with Crippen molar-refractivity contribution in [2.75, 3.05) is 0 Å². The van der Waals surface area contributed by atoms with Gasteiger partial charge in [0, 0.05) is 34.3 Å². The summed E-state index contributed by atoms with van der Waals surface area (Å²) in [5, 5.41) is 6.31. The maximum absolute atomic E-state index is 6.17. The number of pyridine rings is 1. The average molecular weight is 304 g/mol. The van der Waals surface area contributed by atoms with Crippen LogP contribution < -0.4 is 0 Å². The number of halogens is 1. The monoisotopic (exact) mass is 303 g/mol. The molecule has 0 spiro atoms. The van der Waals surface area contributed by atoms with Crippen LogP contribution in [-0.2, 0) is 12.8 Å². The lowest BCUT2D eigenvalue weighted by Crippen LogP contribution is -1.91. The number of fused-ring (bicyclic) bond motifs is 1. The summed E-state index contributed by atoms with van der Waals surface area (Å²) in [6.07, 6.45) is 1.89. The topological polar surface area (TPSA) is 30.7 Å². The van der Waals surface area contributed by atoms with Gasteiger partial charge in [0.05, 0.1) is 5.69 Å². The van der Waals surface area contributed by atoms with Gasteiger partial charge in [-0.3, -0.25) is 4.68 Å². The molecule has 0 saturated carbocycles. The molecule has 0 fully saturated rings. The van der Waals surface area contributed by atoms with E-state index >= 15 is 0 Å². The molecule has 0 bridgehead atoms. The van der Waals surface area contributed by atoms with Crippen LogP contribution in [0.15, 0.2) is 41.4 Å². The largest absolute Gasteiger partial charge is 0.250 e. The third-order valence-corrected chi connectivity index (χ3v) is 4.57. The summed E-state index contributed by atoms with van der Waals surface area (Å²) in [4.78, 5) is 5.62. The van der Waals surface area contributed by atoms with Crippen LogP contribution in [0.3, 0.4) is 0 Å². The zero-order valence-electron chi connectivity index (χ0n) is 11.3. The van der Waals surface area contributed by atoms with Gasteiger partial charge in [-0.25, -0.2) is 4.98 Å². The fourth-order valence-electron chi connectivity index (χ4n) is 2.14. The molecule has 3 rings (SSSR count). The SMILES string of the molecule is Cc1nn(C)c2ncc(SCc3ccccc3Cl)cc12. The highest BCUT2D eigenvalue weighted by molar-refractivity contribution is 7.98. The summed E-state index contributed by atoms with van der Waals surface area (Å²) in [5.74, 6) is 0.839. The molecule has 2 heterocycles. The van der Waals surface area contributed by atoms with Crippen LogP contribution in [0.2, 0.25) is 5.02 Å². The Labute approximate surface area is 127 Å². The van der Waals surface area contributed by atoms with Gasteiger partial charge in [0.2, 0.25) is 0 Å². The maximum atomic E-state index is 6.17. The van der Waals surface area contributed by atoms with Crippen LogP contribution in [0, 0.1) is 6.92 Å². The van der Waals surface area contributed by atoms with Gasteiger partial charge in [-0.05, 0) is 24.6 Å². The van der Waals surface area contributed by atoms with Crippen molar-refractivity contribution in [3.8, 4) is 0 Å². The molecule has 0 saturated heterocycles. The van der Waals surface area contributed by atoms with E-state index in [4.69, 9.17) is 11.6 Å². The van der Waals surface area contributed by atoms with Crippen LogP contribution in [0.1, 0.15) is 11.3 Å². The zero-order chi connectivity index (χ0) is 14.1. The Kier molecular flexibility index (Phi) is 3.68. The molecule has 20 heavy (non-hydrogen) atoms. The Morgan fingerprint density at radius 1 is 1.30 bits per heavy atom. The standard InChI is InChI=1S/C15H14ClN3S/c1-10-13-7-12(8-17-15(13)19(2)18-10)20-9-11-5-3-4-6-14(11)16/h3-8H,9H2,1-2H3. The summed E-state index contributed by atoms with van der Waals surface area (Å²) in [6.45, 7) is 2.01. The molecule has 0 atom stereocenters. The van der Waals surface area contributed by atoms with Crippen molar-refractivity contribution in [2.24, 2.45) is 7.05 Å². The molecular formula is C15H14ClN3S. The first-order valence-corrected chi connectivity index (χ1v) is 7.67. The number of aromatic nitrogens is 3. The van der Waals surface area contributed by atoms with Gasteiger partial charge in [0.25, 0.3) is 0 Å². The third kappa shape index (κ3) is 2.53. The van der Waals surface area contributed by atoms with Crippen LogP contribution in [0.25, 0.3) is 11.0 Å². The molecule has 3 nitrogen and oxygen atoms in total.